The third kappa shape index (κ3) is 3.90. The van der Waals surface area contributed by atoms with Gasteiger partial charge in [-0.15, -0.1) is 5.10 Å². The Labute approximate surface area is 150 Å². The summed E-state index contributed by atoms with van der Waals surface area (Å²) in [7, 11) is 5.70. The van der Waals surface area contributed by atoms with Crippen LogP contribution in [-0.4, -0.2) is 55.6 Å². The van der Waals surface area contributed by atoms with Crippen molar-refractivity contribution >= 4 is 11.6 Å². The highest BCUT2D eigenvalue weighted by molar-refractivity contribution is 5.85. The lowest BCUT2D eigenvalue weighted by Gasteiger charge is -2.26. The van der Waals surface area contributed by atoms with Crippen molar-refractivity contribution in [2.24, 2.45) is 0 Å². The molecule has 0 aliphatic carbocycles. The number of aromatic nitrogens is 2. The quantitative estimate of drug-likeness (QED) is 0.722. The zero-order chi connectivity index (χ0) is 17.6. The van der Waals surface area contributed by atoms with Gasteiger partial charge in [0.15, 0.2) is 11.6 Å². The first kappa shape index (κ1) is 17.6. The van der Waals surface area contributed by atoms with E-state index in [1.807, 2.05) is 21.1 Å². The summed E-state index contributed by atoms with van der Waals surface area (Å²) in [6.07, 6.45) is 5.18. The third-order valence-corrected chi connectivity index (χ3v) is 4.95. The van der Waals surface area contributed by atoms with Gasteiger partial charge in [-0.25, -0.2) is 0 Å². The third-order valence-electron chi connectivity index (χ3n) is 4.95. The van der Waals surface area contributed by atoms with Gasteiger partial charge in [0.1, 0.15) is 0 Å². The fourth-order valence-corrected chi connectivity index (χ4v) is 3.61. The molecule has 25 heavy (non-hydrogen) atoms. The first-order valence-corrected chi connectivity index (χ1v) is 9.24. The maximum absolute atomic E-state index is 4.57. The van der Waals surface area contributed by atoms with E-state index in [1.54, 1.807) is 4.79 Å². The van der Waals surface area contributed by atoms with Gasteiger partial charge < -0.3 is 21.0 Å². The minimum absolute atomic E-state index is 0.867. The number of hydrogen-bond donors (Lipinski definition) is 3. The number of anilines is 2. The van der Waals surface area contributed by atoms with Crippen molar-refractivity contribution < 1.29 is 0 Å². The number of benzene rings is 1. The highest BCUT2D eigenvalue weighted by Gasteiger charge is 2.18. The Bertz CT molecular complexity index is 687. The first-order valence-electron chi connectivity index (χ1n) is 9.24. The summed E-state index contributed by atoms with van der Waals surface area (Å²) in [6, 6.07) is 8.83. The zero-order valence-corrected chi connectivity index (χ0v) is 15.6. The summed E-state index contributed by atoms with van der Waals surface area (Å²) < 4.78 is 0. The van der Waals surface area contributed by atoms with Crippen LogP contribution >= 0.6 is 0 Å². The zero-order valence-electron chi connectivity index (χ0n) is 15.6. The molecule has 3 N–H and O–H groups in total. The summed E-state index contributed by atoms with van der Waals surface area (Å²) in [6.45, 7) is 3.65. The molecule has 6 heteroatoms. The Morgan fingerprint density at radius 3 is 2.52 bits per heavy atom. The molecular formula is C19H30N6. The van der Waals surface area contributed by atoms with Crippen molar-refractivity contribution in [1.29, 1.82) is 0 Å². The number of nitrogens with zero attached hydrogens (tertiary/aromatic N) is 3. The van der Waals surface area contributed by atoms with Gasteiger partial charge in [0.05, 0.1) is 5.56 Å². The molecule has 1 fully saturated rings. The molecule has 0 radical (unpaired) electrons. The molecule has 0 atom stereocenters. The second-order valence-corrected chi connectivity index (χ2v) is 6.56. The lowest BCUT2D eigenvalue weighted by atomic mass is 10.0. The van der Waals surface area contributed by atoms with Gasteiger partial charge in [0.2, 0.25) is 0 Å². The van der Waals surface area contributed by atoms with Crippen LogP contribution in [-0.2, 0) is 6.42 Å². The minimum atomic E-state index is 0.867. The summed E-state index contributed by atoms with van der Waals surface area (Å²) in [5, 5.41) is 11.0. The van der Waals surface area contributed by atoms with E-state index in [9.17, 15) is 0 Å². The molecule has 1 saturated heterocycles. The lowest BCUT2D eigenvalue weighted by molar-refractivity contribution is 0.231. The molecular weight excluding hydrogens is 312 g/mol. The standard InChI is InChI=1S/C19H30N6/c1-20-18-17(19(21-2)25(22-3)23-18)16-9-7-8-15(14-16)10-13-24-11-5-4-6-12-24/h7-9,14,21-22H,4-6,10-13H2,1-3H3,(H,20,23). The number of likely N-dealkylation sites (tertiary alicyclic amines) is 1. The maximum Gasteiger partial charge on any atom is 0.160 e. The molecule has 2 heterocycles. The van der Waals surface area contributed by atoms with E-state index in [-0.39, 0.29) is 0 Å². The van der Waals surface area contributed by atoms with Gasteiger partial charge in [-0.3, -0.25) is 0 Å². The van der Waals surface area contributed by atoms with Crippen LogP contribution < -0.4 is 16.1 Å². The van der Waals surface area contributed by atoms with Crippen molar-refractivity contribution in [3.8, 4) is 11.1 Å². The maximum atomic E-state index is 4.57. The molecule has 0 spiro atoms. The number of hydrogen-bond acceptors (Lipinski definition) is 5. The van der Waals surface area contributed by atoms with Gasteiger partial charge in [-0.1, -0.05) is 30.7 Å². The molecule has 0 unspecified atom stereocenters. The normalized spacial score (nSPS) is 15.2. The smallest absolute Gasteiger partial charge is 0.160 e. The number of piperidine rings is 1. The molecule has 1 aromatic heterocycles. The number of nitrogens with one attached hydrogen (secondary N) is 3. The van der Waals surface area contributed by atoms with Gasteiger partial charge in [-0.2, -0.15) is 4.79 Å². The van der Waals surface area contributed by atoms with E-state index >= 15 is 0 Å². The highest BCUT2D eigenvalue weighted by Crippen LogP contribution is 2.34. The first-order chi connectivity index (χ1) is 12.3. The molecule has 1 aliphatic rings. The van der Waals surface area contributed by atoms with E-state index in [0.29, 0.717) is 0 Å². The lowest BCUT2D eigenvalue weighted by Crippen LogP contribution is -2.31. The Kier molecular flexibility index (Phi) is 5.81. The molecule has 0 saturated carbocycles. The fraction of sp³-hybridized carbons (Fsp3) is 0.526. The molecule has 3 rings (SSSR count). The Morgan fingerprint density at radius 1 is 1.04 bits per heavy atom. The van der Waals surface area contributed by atoms with Crippen molar-refractivity contribution in [1.82, 2.24) is 14.8 Å². The van der Waals surface area contributed by atoms with E-state index in [4.69, 9.17) is 0 Å². The molecule has 2 aromatic rings. The summed E-state index contributed by atoms with van der Waals surface area (Å²) in [4.78, 5) is 4.36. The molecule has 6 nitrogen and oxygen atoms in total. The Balaban J connectivity index is 1.82. The van der Waals surface area contributed by atoms with Gasteiger partial charge in [0.25, 0.3) is 0 Å². The fourth-order valence-electron chi connectivity index (χ4n) is 3.61. The SMILES string of the molecule is CNc1nn(NC)c(NC)c1-c1cccc(CCN2CCCCC2)c1. The Morgan fingerprint density at radius 2 is 1.84 bits per heavy atom. The van der Waals surface area contributed by atoms with E-state index in [1.165, 1.54) is 43.5 Å². The average molecular weight is 342 g/mol. The molecule has 1 aliphatic heterocycles. The largest absolute Gasteiger partial charge is 0.371 e. The topological polar surface area (TPSA) is 57.2 Å². The van der Waals surface area contributed by atoms with Crippen molar-refractivity contribution in [2.75, 3.05) is 56.8 Å². The van der Waals surface area contributed by atoms with Crippen molar-refractivity contribution in [3.05, 3.63) is 29.8 Å². The number of rotatable bonds is 7. The summed E-state index contributed by atoms with van der Waals surface area (Å²) >= 11 is 0. The van der Waals surface area contributed by atoms with Crippen LogP contribution in [0.1, 0.15) is 24.8 Å². The second kappa shape index (κ2) is 8.25. The Hall–Kier alpha value is -2.21. The molecule has 136 valence electrons. The van der Waals surface area contributed by atoms with Crippen LogP contribution in [0.25, 0.3) is 11.1 Å². The van der Waals surface area contributed by atoms with Crippen LogP contribution in [0.2, 0.25) is 0 Å². The van der Waals surface area contributed by atoms with Crippen LogP contribution in [0.3, 0.4) is 0 Å². The summed E-state index contributed by atoms with van der Waals surface area (Å²) in [5.74, 6) is 1.83. The van der Waals surface area contributed by atoms with Gasteiger partial charge in [0, 0.05) is 27.7 Å². The predicted molar refractivity (Wildman–Crippen MR) is 106 cm³/mol. The molecule has 0 bridgehead atoms. The predicted octanol–water partition coefficient (Wildman–Crippen LogP) is 2.84. The monoisotopic (exact) mass is 342 g/mol. The van der Waals surface area contributed by atoms with Crippen LogP contribution in [0.4, 0.5) is 11.6 Å². The van der Waals surface area contributed by atoms with Gasteiger partial charge in [-0.05, 0) is 43.5 Å². The highest BCUT2D eigenvalue weighted by atomic mass is 15.6. The van der Waals surface area contributed by atoms with Crippen molar-refractivity contribution in [3.63, 3.8) is 0 Å². The second-order valence-electron chi connectivity index (χ2n) is 6.56. The van der Waals surface area contributed by atoms with Crippen LogP contribution in [0.15, 0.2) is 24.3 Å². The average Bonchev–Trinajstić information content (AvgIpc) is 3.05. The summed E-state index contributed by atoms with van der Waals surface area (Å²) in [5.41, 5.74) is 6.75. The van der Waals surface area contributed by atoms with E-state index < -0.39 is 0 Å². The minimum Gasteiger partial charge on any atom is -0.371 e. The van der Waals surface area contributed by atoms with Crippen LogP contribution in [0.5, 0.6) is 0 Å². The molecule has 1 aromatic carbocycles. The van der Waals surface area contributed by atoms with E-state index in [2.05, 4.69) is 50.3 Å². The van der Waals surface area contributed by atoms with Crippen molar-refractivity contribution in [2.45, 2.75) is 25.7 Å². The molecule has 0 amide bonds. The van der Waals surface area contributed by atoms with Gasteiger partial charge >= 0.3 is 0 Å². The van der Waals surface area contributed by atoms with E-state index in [0.717, 1.165) is 30.2 Å². The van der Waals surface area contributed by atoms with Crippen LogP contribution in [0, 0.1) is 0 Å².